The van der Waals surface area contributed by atoms with Crippen molar-refractivity contribution < 1.29 is 14.3 Å². The topological polar surface area (TPSA) is 47.6 Å². The number of benzene rings is 1. The summed E-state index contributed by atoms with van der Waals surface area (Å²) >= 11 is 0. The Morgan fingerprint density at radius 3 is 2.63 bits per heavy atom. The van der Waals surface area contributed by atoms with E-state index >= 15 is 0 Å². The number of rotatable bonds is 4. The summed E-state index contributed by atoms with van der Waals surface area (Å²) in [6, 6.07) is 5.98. The first-order valence-corrected chi connectivity index (χ1v) is 6.70. The second-order valence-corrected chi connectivity index (χ2v) is 5.37. The van der Waals surface area contributed by atoms with Crippen LogP contribution in [-0.2, 0) is 10.2 Å². The maximum Gasteiger partial charge on any atom is 0.219 e. The number of carbonyl (C=O) groups is 1. The molecule has 1 N–H and O–H groups in total. The van der Waals surface area contributed by atoms with Gasteiger partial charge in [0.25, 0.3) is 0 Å². The maximum absolute atomic E-state index is 11.4. The SMILES string of the molecule is CCC(=O)NCC(C)(C)c1ccc2c(c1)OCCO2. The quantitative estimate of drug-likeness (QED) is 0.906. The van der Waals surface area contributed by atoms with Crippen molar-refractivity contribution in [2.45, 2.75) is 32.6 Å². The second-order valence-electron chi connectivity index (χ2n) is 5.37. The molecule has 2 rings (SSSR count). The minimum Gasteiger partial charge on any atom is -0.486 e. The van der Waals surface area contributed by atoms with E-state index in [-0.39, 0.29) is 11.3 Å². The van der Waals surface area contributed by atoms with E-state index in [1.165, 1.54) is 0 Å². The van der Waals surface area contributed by atoms with Crippen LogP contribution in [0.4, 0.5) is 0 Å². The average Bonchev–Trinajstić information content (AvgIpc) is 2.44. The van der Waals surface area contributed by atoms with Gasteiger partial charge in [-0.1, -0.05) is 26.8 Å². The van der Waals surface area contributed by atoms with E-state index in [0.29, 0.717) is 26.2 Å². The summed E-state index contributed by atoms with van der Waals surface area (Å²) < 4.78 is 11.1. The van der Waals surface area contributed by atoms with Crippen molar-refractivity contribution in [3.63, 3.8) is 0 Å². The molecule has 1 heterocycles. The molecule has 0 bridgehead atoms. The van der Waals surface area contributed by atoms with E-state index < -0.39 is 0 Å². The average molecular weight is 263 g/mol. The lowest BCUT2D eigenvalue weighted by molar-refractivity contribution is -0.121. The van der Waals surface area contributed by atoms with Crippen molar-refractivity contribution in [2.75, 3.05) is 19.8 Å². The van der Waals surface area contributed by atoms with Crippen LogP contribution in [0.25, 0.3) is 0 Å². The van der Waals surface area contributed by atoms with Gasteiger partial charge in [-0.3, -0.25) is 4.79 Å². The molecule has 1 aromatic rings. The maximum atomic E-state index is 11.4. The highest BCUT2D eigenvalue weighted by Crippen LogP contribution is 2.34. The summed E-state index contributed by atoms with van der Waals surface area (Å²) in [5, 5.41) is 2.94. The Morgan fingerprint density at radius 2 is 1.95 bits per heavy atom. The zero-order chi connectivity index (χ0) is 13.9. The van der Waals surface area contributed by atoms with Crippen LogP contribution < -0.4 is 14.8 Å². The monoisotopic (exact) mass is 263 g/mol. The van der Waals surface area contributed by atoms with Crippen molar-refractivity contribution in [1.82, 2.24) is 5.32 Å². The number of carbonyl (C=O) groups excluding carboxylic acids is 1. The van der Waals surface area contributed by atoms with Gasteiger partial charge in [-0.2, -0.15) is 0 Å². The number of hydrogen-bond donors (Lipinski definition) is 1. The number of fused-ring (bicyclic) bond motifs is 1. The van der Waals surface area contributed by atoms with Gasteiger partial charge in [-0.15, -0.1) is 0 Å². The molecule has 104 valence electrons. The third-order valence-corrected chi connectivity index (χ3v) is 3.37. The molecule has 0 saturated heterocycles. The fraction of sp³-hybridized carbons (Fsp3) is 0.533. The summed E-state index contributed by atoms with van der Waals surface area (Å²) in [5.41, 5.74) is 0.994. The van der Waals surface area contributed by atoms with Gasteiger partial charge in [0.05, 0.1) is 0 Å². The molecule has 0 radical (unpaired) electrons. The fourth-order valence-corrected chi connectivity index (χ4v) is 2.01. The minimum atomic E-state index is -0.138. The van der Waals surface area contributed by atoms with Gasteiger partial charge in [-0.05, 0) is 17.7 Å². The lowest BCUT2D eigenvalue weighted by atomic mass is 9.84. The van der Waals surface area contributed by atoms with Gasteiger partial charge in [0, 0.05) is 18.4 Å². The van der Waals surface area contributed by atoms with Crippen molar-refractivity contribution in [3.8, 4) is 11.5 Å². The van der Waals surface area contributed by atoms with E-state index in [0.717, 1.165) is 17.1 Å². The number of hydrogen-bond acceptors (Lipinski definition) is 3. The number of nitrogens with one attached hydrogen (secondary N) is 1. The van der Waals surface area contributed by atoms with Crippen LogP contribution in [0.1, 0.15) is 32.8 Å². The van der Waals surface area contributed by atoms with Crippen molar-refractivity contribution in [3.05, 3.63) is 23.8 Å². The molecule has 0 aliphatic carbocycles. The van der Waals surface area contributed by atoms with Gasteiger partial charge >= 0.3 is 0 Å². The Balaban J connectivity index is 2.13. The lowest BCUT2D eigenvalue weighted by Crippen LogP contribution is -2.36. The molecule has 0 atom stereocenters. The van der Waals surface area contributed by atoms with E-state index in [4.69, 9.17) is 9.47 Å². The van der Waals surface area contributed by atoms with Crippen LogP contribution in [-0.4, -0.2) is 25.7 Å². The summed E-state index contributed by atoms with van der Waals surface area (Å²) in [5.74, 6) is 1.66. The highest BCUT2D eigenvalue weighted by Gasteiger charge is 2.23. The van der Waals surface area contributed by atoms with Crippen LogP contribution in [0.2, 0.25) is 0 Å². The van der Waals surface area contributed by atoms with Crippen LogP contribution in [0.3, 0.4) is 0 Å². The Bertz CT molecular complexity index is 468. The first-order chi connectivity index (χ1) is 9.03. The van der Waals surface area contributed by atoms with E-state index in [2.05, 4.69) is 19.2 Å². The van der Waals surface area contributed by atoms with E-state index in [1.807, 2.05) is 25.1 Å². The molecular weight excluding hydrogens is 242 g/mol. The molecule has 1 aliphatic rings. The number of amides is 1. The second kappa shape index (κ2) is 5.51. The Kier molecular flexibility index (Phi) is 3.98. The largest absolute Gasteiger partial charge is 0.486 e. The Hall–Kier alpha value is -1.71. The smallest absolute Gasteiger partial charge is 0.219 e. The predicted octanol–water partition coefficient (Wildman–Crippen LogP) is 2.26. The zero-order valence-corrected chi connectivity index (χ0v) is 11.8. The van der Waals surface area contributed by atoms with E-state index in [9.17, 15) is 4.79 Å². The molecule has 0 fully saturated rings. The van der Waals surface area contributed by atoms with Crippen LogP contribution in [0.15, 0.2) is 18.2 Å². The Labute approximate surface area is 114 Å². The van der Waals surface area contributed by atoms with Crippen molar-refractivity contribution >= 4 is 5.91 Å². The zero-order valence-electron chi connectivity index (χ0n) is 11.8. The molecule has 1 amide bonds. The molecule has 0 aromatic heterocycles. The summed E-state index contributed by atoms with van der Waals surface area (Å²) in [4.78, 5) is 11.4. The normalized spacial score (nSPS) is 14.1. The van der Waals surface area contributed by atoms with E-state index in [1.54, 1.807) is 0 Å². The number of ether oxygens (including phenoxy) is 2. The van der Waals surface area contributed by atoms with Crippen LogP contribution in [0.5, 0.6) is 11.5 Å². The molecule has 19 heavy (non-hydrogen) atoms. The predicted molar refractivity (Wildman–Crippen MR) is 73.8 cm³/mol. The first-order valence-electron chi connectivity index (χ1n) is 6.70. The third kappa shape index (κ3) is 3.19. The Morgan fingerprint density at radius 1 is 1.26 bits per heavy atom. The van der Waals surface area contributed by atoms with Crippen LogP contribution in [0, 0.1) is 0 Å². The van der Waals surface area contributed by atoms with Gasteiger partial charge in [0.15, 0.2) is 11.5 Å². The first kappa shape index (κ1) is 13.7. The highest BCUT2D eigenvalue weighted by molar-refractivity contribution is 5.75. The summed E-state index contributed by atoms with van der Waals surface area (Å²) in [6.07, 6.45) is 0.511. The molecule has 0 unspecified atom stereocenters. The summed E-state index contributed by atoms with van der Waals surface area (Å²) in [7, 11) is 0. The minimum absolute atomic E-state index is 0.0746. The highest BCUT2D eigenvalue weighted by atomic mass is 16.6. The van der Waals surface area contributed by atoms with Crippen LogP contribution >= 0.6 is 0 Å². The molecular formula is C15H21NO3. The third-order valence-electron chi connectivity index (χ3n) is 3.37. The fourth-order valence-electron chi connectivity index (χ4n) is 2.01. The molecule has 4 nitrogen and oxygen atoms in total. The van der Waals surface area contributed by atoms with Gasteiger partial charge in [-0.25, -0.2) is 0 Å². The summed E-state index contributed by atoms with van der Waals surface area (Å²) in [6.45, 7) is 7.86. The van der Waals surface area contributed by atoms with Gasteiger partial charge < -0.3 is 14.8 Å². The van der Waals surface area contributed by atoms with Crippen molar-refractivity contribution in [1.29, 1.82) is 0 Å². The standard InChI is InChI=1S/C15H21NO3/c1-4-14(17)16-10-15(2,3)11-5-6-12-13(9-11)19-8-7-18-12/h5-6,9H,4,7-8,10H2,1-3H3,(H,16,17). The molecule has 0 saturated carbocycles. The molecule has 4 heteroatoms. The molecule has 0 spiro atoms. The van der Waals surface area contributed by atoms with Crippen molar-refractivity contribution in [2.24, 2.45) is 0 Å². The van der Waals surface area contributed by atoms with Gasteiger partial charge in [0.2, 0.25) is 5.91 Å². The van der Waals surface area contributed by atoms with Gasteiger partial charge in [0.1, 0.15) is 13.2 Å². The molecule has 1 aromatic carbocycles. The lowest BCUT2D eigenvalue weighted by Gasteiger charge is -2.27. The molecule has 1 aliphatic heterocycles.